The predicted octanol–water partition coefficient (Wildman–Crippen LogP) is 2.00. The molecule has 9 heteroatoms. The SMILES string of the molecule is COc1cc(OC)c(S(=O)(=O)N2CCC(N)CC2)cc1Br.Cl. The van der Waals surface area contributed by atoms with E-state index in [1.807, 2.05) is 0 Å². The van der Waals surface area contributed by atoms with Crippen LogP contribution in [-0.4, -0.2) is 46.1 Å². The fourth-order valence-electron chi connectivity index (χ4n) is 2.29. The zero-order valence-electron chi connectivity index (χ0n) is 12.4. The van der Waals surface area contributed by atoms with Gasteiger partial charge in [-0.05, 0) is 34.8 Å². The minimum atomic E-state index is -3.61. The van der Waals surface area contributed by atoms with Crippen LogP contribution in [0, 0.1) is 0 Å². The second-order valence-corrected chi connectivity index (χ2v) is 7.64. The van der Waals surface area contributed by atoms with E-state index in [-0.39, 0.29) is 29.1 Å². The van der Waals surface area contributed by atoms with Crippen molar-refractivity contribution in [1.82, 2.24) is 4.31 Å². The number of hydrogen-bond acceptors (Lipinski definition) is 5. The number of ether oxygens (including phenoxy) is 2. The molecule has 0 unspecified atom stereocenters. The quantitative estimate of drug-likeness (QED) is 0.813. The second-order valence-electron chi connectivity index (χ2n) is 4.88. The Kier molecular flexibility index (Phi) is 6.94. The van der Waals surface area contributed by atoms with Crippen LogP contribution in [-0.2, 0) is 10.0 Å². The molecule has 0 radical (unpaired) electrons. The Balaban J connectivity index is 0.00000242. The fraction of sp³-hybridized carbons (Fsp3) is 0.538. The molecule has 2 rings (SSSR count). The third-order valence-electron chi connectivity index (χ3n) is 3.55. The zero-order valence-corrected chi connectivity index (χ0v) is 15.6. The van der Waals surface area contributed by atoms with Gasteiger partial charge in [-0.15, -0.1) is 12.4 Å². The largest absolute Gasteiger partial charge is 0.495 e. The topological polar surface area (TPSA) is 81.9 Å². The Morgan fingerprint density at radius 3 is 2.23 bits per heavy atom. The van der Waals surface area contributed by atoms with E-state index in [4.69, 9.17) is 15.2 Å². The van der Waals surface area contributed by atoms with E-state index in [1.54, 1.807) is 6.07 Å². The van der Waals surface area contributed by atoms with Crippen molar-refractivity contribution in [3.05, 3.63) is 16.6 Å². The van der Waals surface area contributed by atoms with Gasteiger partial charge in [0.1, 0.15) is 16.4 Å². The van der Waals surface area contributed by atoms with Crippen molar-refractivity contribution < 1.29 is 17.9 Å². The lowest BCUT2D eigenvalue weighted by molar-refractivity contribution is 0.317. The lowest BCUT2D eigenvalue weighted by Gasteiger charge is -2.29. The van der Waals surface area contributed by atoms with Crippen molar-refractivity contribution in [2.45, 2.75) is 23.8 Å². The summed E-state index contributed by atoms with van der Waals surface area (Å²) in [6.45, 7) is 0.854. The van der Waals surface area contributed by atoms with Gasteiger partial charge in [0, 0.05) is 25.2 Å². The van der Waals surface area contributed by atoms with Gasteiger partial charge in [-0.2, -0.15) is 4.31 Å². The molecule has 1 saturated heterocycles. The molecule has 0 aliphatic carbocycles. The zero-order chi connectivity index (χ0) is 15.6. The number of halogens is 2. The standard InChI is InChI=1S/C13H19BrN2O4S.ClH/c1-19-11-8-12(20-2)13(7-10(11)14)21(17,18)16-5-3-9(15)4-6-16;/h7-9H,3-6,15H2,1-2H3;1H. The number of sulfonamides is 1. The van der Waals surface area contributed by atoms with Gasteiger partial charge >= 0.3 is 0 Å². The van der Waals surface area contributed by atoms with Crippen LogP contribution in [0.15, 0.2) is 21.5 Å². The number of rotatable bonds is 4. The molecule has 22 heavy (non-hydrogen) atoms. The van der Waals surface area contributed by atoms with E-state index in [0.717, 1.165) is 0 Å². The molecule has 0 amide bonds. The van der Waals surface area contributed by atoms with Crippen molar-refractivity contribution >= 4 is 38.4 Å². The van der Waals surface area contributed by atoms with E-state index in [1.165, 1.54) is 24.6 Å². The van der Waals surface area contributed by atoms with Gasteiger partial charge in [0.15, 0.2) is 0 Å². The molecular formula is C13H20BrClN2O4S. The minimum absolute atomic E-state index is 0. The van der Waals surface area contributed by atoms with Crippen LogP contribution in [0.25, 0.3) is 0 Å². The van der Waals surface area contributed by atoms with Crippen LogP contribution < -0.4 is 15.2 Å². The van der Waals surface area contributed by atoms with Crippen molar-refractivity contribution in [2.75, 3.05) is 27.3 Å². The molecule has 1 aromatic rings. The molecule has 0 spiro atoms. The summed E-state index contributed by atoms with van der Waals surface area (Å²) in [6, 6.07) is 3.15. The highest BCUT2D eigenvalue weighted by Gasteiger charge is 2.31. The molecule has 0 bridgehead atoms. The van der Waals surface area contributed by atoms with Crippen molar-refractivity contribution in [3.63, 3.8) is 0 Å². The average molecular weight is 416 g/mol. The van der Waals surface area contributed by atoms with Crippen molar-refractivity contribution in [3.8, 4) is 11.5 Å². The first kappa shape index (κ1) is 19.5. The van der Waals surface area contributed by atoms with Gasteiger partial charge < -0.3 is 15.2 Å². The third kappa shape index (κ3) is 3.86. The molecule has 6 nitrogen and oxygen atoms in total. The molecule has 1 aliphatic heterocycles. The van der Waals surface area contributed by atoms with Gasteiger partial charge in [0.05, 0.1) is 18.7 Å². The highest BCUT2D eigenvalue weighted by atomic mass is 79.9. The second kappa shape index (κ2) is 7.83. The summed E-state index contributed by atoms with van der Waals surface area (Å²) in [5.74, 6) is 0.788. The van der Waals surface area contributed by atoms with Crippen LogP contribution in [0.1, 0.15) is 12.8 Å². The number of piperidine rings is 1. The molecular weight excluding hydrogens is 396 g/mol. The molecule has 126 valence electrons. The molecule has 1 heterocycles. The van der Waals surface area contributed by atoms with E-state index in [9.17, 15) is 8.42 Å². The van der Waals surface area contributed by atoms with Crippen LogP contribution in [0.5, 0.6) is 11.5 Å². The number of benzene rings is 1. The normalized spacial score (nSPS) is 16.9. The maximum absolute atomic E-state index is 12.8. The van der Waals surface area contributed by atoms with E-state index >= 15 is 0 Å². The number of nitrogens with two attached hydrogens (primary N) is 1. The molecule has 0 aromatic heterocycles. The van der Waals surface area contributed by atoms with Gasteiger partial charge in [-0.3, -0.25) is 0 Å². The number of methoxy groups -OCH3 is 2. The van der Waals surface area contributed by atoms with Crippen LogP contribution in [0.2, 0.25) is 0 Å². The van der Waals surface area contributed by atoms with Crippen LogP contribution >= 0.6 is 28.3 Å². The summed E-state index contributed by atoms with van der Waals surface area (Å²) in [7, 11) is -0.657. The molecule has 1 aromatic carbocycles. The maximum Gasteiger partial charge on any atom is 0.246 e. The summed E-state index contributed by atoms with van der Waals surface area (Å²) >= 11 is 3.31. The van der Waals surface area contributed by atoms with Gasteiger partial charge in [-0.25, -0.2) is 8.42 Å². The van der Waals surface area contributed by atoms with Crippen LogP contribution in [0.3, 0.4) is 0 Å². The van der Waals surface area contributed by atoms with Crippen LogP contribution in [0.4, 0.5) is 0 Å². The smallest absolute Gasteiger partial charge is 0.246 e. The summed E-state index contributed by atoms with van der Waals surface area (Å²) in [5.41, 5.74) is 5.83. The summed E-state index contributed by atoms with van der Waals surface area (Å²) in [4.78, 5) is 0.133. The van der Waals surface area contributed by atoms with Gasteiger partial charge in [-0.1, -0.05) is 0 Å². The summed E-state index contributed by atoms with van der Waals surface area (Å²) < 4.78 is 37.9. The number of hydrogen-bond donors (Lipinski definition) is 1. The highest BCUT2D eigenvalue weighted by Crippen LogP contribution is 2.37. The third-order valence-corrected chi connectivity index (χ3v) is 6.09. The Bertz CT molecular complexity index is 619. The first-order chi connectivity index (χ1) is 9.90. The minimum Gasteiger partial charge on any atom is -0.495 e. The lowest BCUT2D eigenvalue weighted by atomic mass is 10.1. The maximum atomic E-state index is 12.8. The highest BCUT2D eigenvalue weighted by molar-refractivity contribution is 9.10. The Morgan fingerprint density at radius 2 is 1.73 bits per heavy atom. The summed E-state index contributed by atoms with van der Waals surface area (Å²) in [5, 5.41) is 0. The Morgan fingerprint density at radius 1 is 1.18 bits per heavy atom. The van der Waals surface area contributed by atoms with E-state index in [2.05, 4.69) is 15.9 Å². The van der Waals surface area contributed by atoms with Gasteiger partial charge in [0.25, 0.3) is 0 Å². The first-order valence-electron chi connectivity index (χ1n) is 6.57. The first-order valence-corrected chi connectivity index (χ1v) is 8.80. The van der Waals surface area contributed by atoms with Gasteiger partial charge in [0.2, 0.25) is 10.0 Å². The molecule has 0 atom stereocenters. The lowest BCUT2D eigenvalue weighted by Crippen LogP contribution is -2.42. The fourth-order valence-corrected chi connectivity index (χ4v) is 4.58. The van der Waals surface area contributed by atoms with Crippen molar-refractivity contribution in [1.29, 1.82) is 0 Å². The molecule has 0 saturated carbocycles. The molecule has 1 fully saturated rings. The Labute approximate surface area is 145 Å². The Hall–Kier alpha value is -0.540. The van der Waals surface area contributed by atoms with E-state index < -0.39 is 10.0 Å². The van der Waals surface area contributed by atoms with Crippen molar-refractivity contribution in [2.24, 2.45) is 5.73 Å². The monoisotopic (exact) mass is 414 g/mol. The molecule has 1 aliphatic rings. The summed E-state index contributed by atoms with van der Waals surface area (Å²) in [6.07, 6.45) is 1.33. The number of nitrogens with zero attached hydrogens (tertiary/aromatic N) is 1. The predicted molar refractivity (Wildman–Crippen MR) is 90.5 cm³/mol. The molecule has 2 N–H and O–H groups in total. The van der Waals surface area contributed by atoms with E-state index in [0.29, 0.717) is 36.2 Å². The average Bonchev–Trinajstić information content (AvgIpc) is 2.47.